The number of benzene rings is 2. The smallest absolute Gasteiger partial charge is 0.0594 e. The molecule has 2 aromatic carbocycles. The van der Waals surface area contributed by atoms with Crippen molar-refractivity contribution in [3.8, 4) is 0 Å². The minimum Gasteiger partial charge on any atom is -0.379 e. The molecule has 0 bridgehead atoms. The Kier molecular flexibility index (Phi) is 6.56. The van der Waals surface area contributed by atoms with Crippen molar-refractivity contribution < 1.29 is 4.74 Å². The summed E-state index contributed by atoms with van der Waals surface area (Å²) in [5.41, 5.74) is 2.85. The third-order valence-electron chi connectivity index (χ3n) is 4.22. The molecule has 1 aliphatic rings. The van der Waals surface area contributed by atoms with Gasteiger partial charge in [-0.1, -0.05) is 42.5 Å². The summed E-state index contributed by atoms with van der Waals surface area (Å²) in [4.78, 5) is 3.84. The summed E-state index contributed by atoms with van der Waals surface area (Å²) >= 11 is 1.90. The predicted octanol–water partition coefficient (Wildman–Crippen LogP) is 4.24. The second-order valence-corrected chi connectivity index (χ2v) is 7.02. The minimum atomic E-state index is 0.897. The molecule has 122 valence electrons. The lowest BCUT2D eigenvalue weighted by molar-refractivity contribution is 0.0375. The van der Waals surface area contributed by atoms with E-state index in [-0.39, 0.29) is 0 Å². The van der Waals surface area contributed by atoms with Gasteiger partial charge in [-0.15, -0.1) is 11.8 Å². The lowest BCUT2D eigenvalue weighted by atomic mass is 10.1. The van der Waals surface area contributed by atoms with E-state index in [9.17, 15) is 0 Å². The molecule has 0 radical (unpaired) electrons. The van der Waals surface area contributed by atoms with Crippen LogP contribution in [0, 0.1) is 0 Å². The van der Waals surface area contributed by atoms with E-state index in [1.807, 2.05) is 11.8 Å². The zero-order chi connectivity index (χ0) is 15.7. The van der Waals surface area contributed by atoms with Crippen molar-refractivity contribution in [3.05, 3.63) is 65.7 Å². The van der Waals surface area contributed by atoms with Gasteiger partial charge in [-0.2, -0.15) is 0 Å². The summed E-state index contributed by atoms with van der Waals surface area (Å²) in [6, 6.07) is 19.7. The fraction of sp³-hybridized carbons (Fsp3) is 0.400. The van der Waals surface area contributed by atoms with E-state index >= 15 is 0 Å². The van der Waals surface area contributed by atoms with Crippen LogP contribution in [0.3, 0.4) is 0 Å². The van der Waals surface area contributed by atoms with Gasteiger partial charge >= 0.3 is 0 Å². The average Bonchev–Trinajstić information content (AvgIpc) is 2.63. The molecule has 2 aromatic rings. The number of rotatable bonds is 7. The van der Waals surface area contributed by atoms with Gasteiger partial charge in [-0.3, -0.25) is 4.90 Å². The number of hydrogen-bond acceptors (Lipinski definition) is 3. The van der Waals surface area contributed by atoms with Crippen molar-refractivity contribution in [2.24, 2.45) is 0 Å². The molecule has 0 N–H and O–H groups in total. The summed E-state index contributed by atoms with van der Waals surface area (Å²) in [7, 11) is 0. The normalized spacial score (nSPS) is 15.7. The number of morpholine rings is 1. The molecule has 1 heterocycles. The SMILES string of the molecule is c1ccc(SCc2ccc(CCCN3CCOCC3)cc2)cc1. The summed E-state index contributed by atoms with van der Waals surface area (Å²) in [6.07, 6.45) is 2.40. The molecule has 0 saturated carbocycles. The standard InChI is InChI=1S/C20H25NOS/c1-2-6-20(7-3-1)23-17-19-10-8-18(9-11-19)5-4-12-21-13-15-22-16-14-21/h1-3,6-11H,4-5,12-17H2. The van der Waals surface area contributed by atoms with Gasteiger partial charge in [0.2, 0.25) is 0 Å². The van der Waals surface area contributed by atoms with Crippen LogP contribution in [-0.4, -0.2) is 37.7 Å². The van der Waals surface area contributed by atoms with E-state index in [2.05, 4.69) is 59.5 Å². The van der Waals surface area contributed by atoms with Crippen LogP contribution in [0.4, 0.5) is 0 Å². The van der Waals surface area contributed by atoms with Gasteiger partial charge in [-0.05, 0) is 42.6 Å². The molecule has 23 heavy (non-hydrogen) atoms. The van der Waals surface area contributed by atoms with Gasteiger partial charge in [0, 0.05) is 23.7 Å². The lowest BCUT2D eigenvalue weighted by Gasteiger charge is -2.26. The first kappa shape index (κ1) is 16.6. The summed E-state index contributed by atoms with van der Waals surface area (Å²) < 4.78 is 5.39. The Morgan fingerprint density at radius 1 is 0.870 bits per heavy atom. The van der Waals surface area contributed by atoms with Crippen LogP contribution in [0.2, 0.25) is 0 Å². The van der Waals surface area contributed by atoms with Gasteiger partial charge in [-0.25, -0.2) is 0 Å². The Hall–Kier alpha value is -1.29. The summed E-state index contributed by atoms with van der Waals surface area (Å²) in [5, 5.41) is 0. The second-order valence-electron chi connectivity index (χ2n) is 5.98. The molecule has 0 unspecified atom stereocenters. The van der Waals surface area contributed by atoms with E-state index < -0.39 is 0 Å². The highest BCUT2D eigenvalue weighted by Gasteiger charge is 2.09. The average molecular weight is 327 g/mol. The minimum absolute atomic E-state index is 0.897. The van der Waals surface area contributed by atoms with E-state index in [1.165, 1.54) is 35.4 Å². The van der Waals surface area contributed by atoms with Crippen LogP contribution in [0.1, 0.15) is 17.5 Å². The fourth-order valence-electron chi connectivity index (χ4n) is 2.82. The molecule has 2 nitrogen and oxygen atoms in total. The van der Waals surface area contributed by atoms with Crippen LogP contribution in [0.15, 0.2) is 59.5 Å². The third kappa shape index (κ3) is 5.69. The first-order chi connectivity index (χ1) is 11.4. The third-order valence-corrected chi connectivity index (χ3v) is 5.30. The predicted molar refractivity (Wildman–Crippen MR) is 98.0 cm³/mol. The van der Waals surface area contributed by atoms with Crippen molar-refractivity contribution in [2.45, 2.75) is 23.5 Å². The van der Waals surface area contributed by atoms with Crippen molar-refractivity contribution >= 4 is 11.8 Å². The second kappa shape index (κ2) is 9.11. The number of hydrogen-bond donors (Lipinski definition) is 0. The van der Waals surface area contributed by atoms with Crippen molar-refractivity contribution in [2.75, 3.05) is 32.8 Å². The first-order valence-electron chi connectivity index (χ1n) is 8.46. The molecule has 3 rings (SSSR count). The van der Waals surface area contributed by atoms with Gasteiger partial charge in [0.25, 0.3) is 0 Å². The Labute approximate surface area is 143 Å². The molecule has 0 amide bonds. The molecule has 3 heteroatoms. The molecule has 1 aliphatic heterocycles. The van der Waals surface area contributed by atoms with Gasteiger partial charge in [0.15, 0.2) is 0 Å². The van der Waals surface area contributed by atoms with Gasteiger partial charge < -0.3 is 4.74 Å². The van der Waals surface area contributed by atoms with E-state index in [1.54, 1.807) is 0 Å². The molecule has 1 fully saturated rings. The molecular weight excluding hydrogens is 302 g/mol. The van der Waals surface area contributed by atoms with E-state index in [0.717, 1.165) is 32.1 Å². The van der Waals surface area contributed by atoms with Crippen LogP contribution < -0.4 is 0 Å². The van der Waals surface area contributed by atoms with E-state index in [0.29, 0.717) is 0 Å². The quantitative estimate of drug-likeness (QED) is 0.706. The number of nitrogens with zero attached hydrogens (tertiary/aromatic N) is 1. The lowest BCUT2D eigenvalue weighted by Crippen LogP contribution is -2.36. The van der Waals surface area contributed by atoms with Crippen LogP contribution in [-0.2, 0) is 16.9 Å². The fourth-order valence-corrected chi connectivity index (χ4v) is 3.69. The van der Waals surface area contributed by atoms with Gasteiger partial charge in [0.1, 0.15) is 0 Å². The molecule has 0 spiro atoms. The van der Waals surface area contributed by atoms with Crippen molar-refractivity contribution in [1.82, 2.24) is 4.90 Å². The van der Waals surface area contributed by atoms with Crippen molar-refractivity contribution in [1.29, 1.82) is 0 Å². The van der Waals surface area contributed by atoms with Gasteiger partial charge in [0.05, 0.1) is 13.2 Å². The van der Waals surface area contributed by atoms with Crippen LogP contribution in [0.25, 0.3) is 0 Å². The molecule has 0 atom stereocenters. The maximum absolute atomic E-state index is 5.39. The highest BCUT2D eigenvalue weighted by atomic mass is 32.2. The summed E-state index contributed by atoms with van der Waals surface area (Å²) in [6.45, 7) is 5.17. The maximum atomic E-state index is 5.39. The molecule has 1 saturated heterocycles. The molecule has 0 aliphatic carbocycles. The zero-order valence-electron chi connectivity index (χ0n) is 13.6. The van der Waals surface area contributed by atoms with Crippen LogP contribution >= 0.6 is 11.8 Å². The Morgan fingerprint density at radius 2 is 1.57 bits per heavy atom. The Morgan fingerprint density at radius 3 is 2.30 bits per heavy atom. The number of aryl methyl sites for hydroxylation is 1. The Balaban J connectivity index is 1.40. The zero-order valence-corrected chi connectivity index (χ0v) is 14.4. The Bertz CT molecular complexity index is 564. The highest BCUT2D eigenvalue weighted by Crippen LogP contribution is 2.22. The number of ether oxygens (including phenoxy) is 1. The van der Waals surface area contributed by atoms with Crippen LogP contribution in [0.5, 0.6) is 0 Å². The van der Waals surface area contributed by atoms with Crippen molar-refractivity contribution in [3.63, 3.8) is 0 Å². The van der Waals surface area contributed by atoms with E-state index in [4.69, 9.17) is 4.74 Å². The number of thioether (sulfide) groups is 1. The first-order valence-corrected chi connectivity index (χ1v) is 9.44. The summed E-state index contributed by atoms with van der Waals surface area (Å²) in [5.74, 6) is 1.04. The largest absolute Gasteiger partial charge is 0.379 e. The maximum Gasteiger partial charge on any atom is 0.0594 e. The highest BCUT2D eigenvalue weighted by molar-refractivity contribution is 7.98. The monoisotopic (exact) mass is 327 g/mol. The molecule has 0 aromatic heterocycles. The molecular formula is C20H25NOS. The topological polar surface area (TPSA) is 12.5 Å².